The molecule has 1 aromatic heterocycles. The van der Waals surface area contributed by atoms with E-state index in [0.717, 1.165) is 12.1 Å². The lowest BCUT2D eigenvalue weighted by Crippen LogP contribution is -2.37. The molecule has 0 bridgehead atoms. The minimum absolute atomic E-state index is 0. The number of carbonyl (C=O) groups excluding carboxylic acids is 1. The number of nitrogens with two attached hydrogens (primary N) is 1. The van der Waals surface area contributed by atoms with Crippen LogP contribution < -0.4 is 5.73 Å². The van der Waals surface area contributed by atoms with Gasteiger partial charge in [-0.25, -0.2) is 0 Å². The highest BCUT2D eigenvalue weighted by atomic mass is 35.5. The molecule has 2 aromatic rings. The van der Waals surface area contributed by atoms with E-state index >= 15 is 0 Å². The third kappa shape index (κ3) is 4.58. The summed E-state index contributed by atoms with van der Waals surface area (Å²) in [5.41, 5.74) is 8.29. The molecule has 2 rings (SSSR count). The van der Waals surface area contributed by atoms with Crippen molar-refractivity contribution in [3.05, 3.63) is 53.3 Å². The Morgan fingerprint density at radius 3 is 2.50 bits per heavy atom. The predicted molar refractivity (Wildman–Crippen MR) is 90.3 cm³/mol. The van der Waals surface area contributed by atoms with Gasteiger partial charge in [-0.1, -0.05) is 30.3 Å². The van der Waals surface area contributed by atoms with E-state index in [1.54, 1.807) is 9.58 Å². The molecule has 0 unspecified atom stereocenters. The molecule has 0 aliphatic rings. The lowest BCUT2D eigenvalue weighted by atomic mass is 10.1. The van der Waals surface area contributed by atoms with E-state index in [1.807, 2.05) is 38.2 Å². The summed E-state index contributed by atoms with van der Waals surface area (Å²) in [6, 6.07) is 11.9. The fraction of sp³-hybridized carbons (Fsp3) is 0.375. The van der Waals surface area contributed by atoms with Gasteiger partial charge in [0.15, 0.2) is 5.69 Å². The Morgan fingerprint density at radius 1 is 1.27 bits per heavy atom. The Kier molecular flexibility index (Phi) is 7.08. The molecule has 5 nitrogen and oxygen atoms in total. The van der Waals surface area contributed by atoms with Crippen LogP contribution in [0.15, 0.2) is 36.4 Å². The topological polar surface area (TPSA) is 64.2 Å². The molecular weight excluding hydrogens is 300 g/mol. The number of carbonyl (C=O) groups is 1. The largest absolute Gasteiger partial charge is 0.336 e. The van der Waals surface area contributed by atoms with Gasteiger partial charge in [-0.15, -0.1) is 12.4 Å². The van der Waals surface area contributed by atoms with Gasteiger partial charge in [-0.3, -0.25) is 9.48 Å². The predicted octanol–water partition coefficient (Wildman–Crippen LogP) is 1.79. The molecular formula is C16H23ClN4O. The zero-order valence-electron chi connectivity index (χ0n) is 13.0. The van der Waals surface area contributed by atoms with E-state index in [1.165, 1.54) is 5.56 Å². The van der Waals surface area contributed by atoms with Gasteiger partial charge in [0.2, 0.25) is 0 Å². The van der Waals surface area contributed by atoms with Gasteiger partial charge in [0, 0.05) is 32.4 Å². The van der Waals surface area contributed by atoms with Crippen LogP contribution >= 0.6 is 12.4 Å². The summed E-state index contributed by atoms with van der Waals surface area (Å²) in [7, 11) is 1.84. The van der Waals surface area contributed by atoms with Crippen molar-refractivity contribution in [3.63, 3.8) is 0 Å². The molecule has 2 N–H and O–H groups in total. The van der Waals surface area contributed by atoms with Crippen LogP contribution in [0.4, 0.5) is 0 Å². The van der Waals surface area contributed by atoms with Crippen molar-refractivity contribution in [1.29, 1.82) is 0 Å². The van der Waals surface area contributed by atoms with E-state index in [0.29, 0.717) is 25.3 Å². The molecule has 1 aromatic carbocycles. The number of halogens is 1. The summed E-state index contributed by atoms with van der Waals surface area (Å²) in [6.45, 7) is 3.57. The molecule has 0 atom stereocenters. The number of amides is 1. The summed E-state index contributed by atoms with van der Waals surface area (Å²) >= 11 is 0. The second kappa shape index (κ2) is 8.56. The Morgan fingerprint density at radius 2 is 1.95 bits per heavy atom. The Hall–Kier alpha value is -1.85. The average molecular weight is 323 g/mol. The van der Waals surface area contributed by atoms with Crippen molar-refractivity contribution in [2.45, 2.75) is 13.3 Å². The molecule has 0 radical (unpaired) electrons. The first-order valence-electron chi connectivity index (χ1n) is 7.15. The lowest BCUT2D eigenvalue weighted by Gasteiger charge is -2.21. The zero-order chi connectivity index (χ0) is 15.2. The molecule has 0 saturated carbocycles. The number of hydrogen-bond acceptors (Lipinski definition) is 3. The second-order valence-electron chi connectivity index (χ2n) is 5.11. The van der Waals surface area contributed by atoms with Crippen LogP contribution in [0.2, 0.25) is 0 Å². The molecule has 22 heavy (non-hydrogen) atoms. The van der Waals surface area contributed by atoms with Crippen LogP contribution in [0, 0.1) is 6.92 Å². The van der Waals surface area contributed by atoms with Crippen LogP contribution in [0.1, 0.15) is 21.7 Å². The number of benzene rings is 1. The van der Waals surface area contributed by atoms with E-state index in [2.05, 4.69) is 17.2 Å². The minimum Gasteiger partial charge on any atom is -0.336 e. The van der Waals surface area contributed by atoms with Gasteiger partial charge in [-0.05, 0) is 25.0 Å². The average Bonchev–Trinajstić information content (AvgIpc) is 2.83. The van der Waals surface area contributed by atoms with E-state index in [4.69, 9.17) is 5.73 Å². The Labute approximate surface area is 137 Å². The standard InChI is InChI=1S/C16H22N4O.ClH/c1-13-12-15(18-19(13)2)16(21)20(11-9-17)10-8-14-6-4-3-5-7-14;/h3-7,12H,8-11,17H2,1-2H3;1H. The first-order valence-corrected chi connectivity index (χ1v) is 7.15. The smallest absolute Gasteiger partial charge is 0.274 e. The van der Waals surface area contributed by atoms with Crippen LogP contribution in [0.25, 0.3) is 0 Å². The summed E-state index contributed by atoms with van der Waals surface area (Å²) < 4.78 is 1.71. The fourth-order valence-corrected chi connectivity index (χ4v) is 2.21. The first-order chi connectivity index (χ1) is 10.1. The van der Waals surface area contributed by atoms with Gasteiger partial charge in [-0.2, -0.15) is 5.10 Å². The number of nitrogens with zero attached hydrogens (tertiary/aromatic N) is 3. The van der Waals surface area contributed by atoms with Crippen molar-refractivity contribution in [2.75, 3.05) is 19.6 Å². The minimum atomic E-state index is -0.0555. The van der Waals surface area contributed by atoms with E-state index in [-0.39, 0.29) is 18.3 Å². The number of rotatable bonds is 6. The van der Waals surface area contributed by atoms with Crippen LogP contribution in [0.3, 0.4) is 0 Å². The fourth-order valence-electron chi connectivity index (χ4n) is 2.21. The van der Waals surface area contributed by atoms with Crippen LogP contribution in [-0.2, 0) is 13.5 Å². The zero-order valence-corrected chi connectivity index (χ0v) is 13.8. The quantitative estimate of drug-likeness (QED) is 0.882. The van der Waals surface area contributed by atoms with Gasteiger partial charge < -0.3 is 10.6 Å². The number of hydrogen-bond donors (Lipinski definition) is 1. The van der Waals surface area contributed by atoms with E-state index in [9.17, 15) is 4.79 Å². The maximum absolute atomic E-state index is 12.5. The molecule has 0 spiro atoms. The molecule has 1 heterocycles. The van der Waals surface area contributed by atoms with Gasteiger partial charge >= 0.3 is 0 Å². The third-order valence-electron chi connectivity index (χ3n) is 3.53. The Balaban J connectivity index is 0.00000242. The van der Waals surface area contributed by atoms with Crippen molar-refractivity contribution in [1.82, 2.24) is 14.7 Å². The highest BCUT2D eigenvalue weighted by molar-refractivity contribution is 5.92. The van der Waals surface area contributed by atoms with E-state index < -0.39 is 0 Å². The summed E-state index contributed by atoms with van der Waals surface area (Å²) in [4.78, 5) is 14.3. The highest BCUT2D eigenvalue weighted by Gasteiger charge is 2.18. The normalized spacial score (nSPS) is 10.1. The van der Waals surface area contributed by atoms with Crippen molar-refractivity contribution in [3.8, 4) is 0 Å². The number of aryl methyl sites for hydroxylation is 2. The molecule has 6 heteroatoms. The maximum atomic E-state index is 12.5. The number of aromatic nitrogens is 2. The molecule has 0 aliphatic heterocycles. The molecule has 0 aliphatic carbocycles. The molecule has 0 fully saturated rings. The van der Waals surface area contributed by atoms with Crippen molar-refractivity contribution >= 4 is 18.3 Å². The SMILES string of the molecule is Cc1cc(C(=O)N(CCN)CCc2ccccc2)nn1C.Cl. The molecule has 1 amide bonds. The third-order valence-corrected chi connectivity index (χ3v) is 3.53. The lowest BCUT2D eigenvalue weighted by molar-refractivity contribution is 0.0755. The van der Waals surface area contributed by atoms with Crippen LogP contribution in [-0.4, -0.2) is 40.2 Å². The van der Waals surface area contributed by atoms with Gasteiger partial charge in [0.1, 0.15) is 0 Å². The summed E-state index contributed by atoms with van der Waals surface area (Å²) in [5, 5.41) is 4.25. The first kappa shape index (κ1) is 18.2. The molecule has 120 valence electrons. The summed E-state index contributed by atoms with van der Waals surface area (Å²) in [5.74, 6) is -0.0555. The Bertz CT molecular complexity index is 578. The van der Waals surface area contributed by atoms with Crippen molar-refractivity contribution < 1.29 is 4.79 Å². The second-order valence-corrected chi connectivity index (χ2v) is 5.11. The van der Waals surface area contributed by atoms with Gasteiger partial charge in [0.25, 0.3) is 5.91 Å². The molecule has 0 saturated heterocycles. The monoisotopic (exact) mass is 322 g/mol. The van der Waals surface area contributed by atoms with Crippen molar-refractivity contribution in [2.24, 2.45) is 12.8 Å². The van der Waals surface area contributed by atoms with Gasteiger partial charge in [0.05, 0.1) is 0 Å². The maximum Gasteiger partial charge on any atom is 0.274 e. The van der Waals surface area contributed by atoms with Crippen LogP contribution in [0.5, 0.6) is 0 Å². The highest BCUT2D eigenvalue weighted by Crippen LogP contribution is 2.07. The summed E-state index contributed by atoms with van der Waals surface area (Å²) in [6.07, 6.45) is 0.818.